The number of rotatable bonds is 5. The molecule has 2 amide bonds. The number of H-pyrrole nitrogens is 1. The minimum absolute atomic E-state index is 0.0662. The Morgan fingerprint density at radius 3 is 2.73 bits per heavy atom. The number of likely N-dealkylation sites (tertiary alicyclic amines) is 1. The van der Waals surface area contributed by atoms with E-state index in [0.717, 1.165) is 35.4 Å². The van der Waals surface area contributed by atoms with Crippen molar-refractivity contribution in [3.8, 4) is 11.1 Å². The Bertz CT molecular complexity index is 798. The summed E-state index contributed by atoms with van der Waals surface area (Å²) >= 11 is 0. The molecule has 2 heterocycles. The molecular formula is C19H24N4O3. The van der Waals surface area contributed by atoms with Gasteiger partial charge in [0.1, 0.15) is 0 Å². The normalized spacial score (nSPS) is 17.3. The van der Waals surface area contributed by atoms with E-state index < -0.39 is 0 Å². The number of ether oxygens (including phenoxy) is 1. The molecule has 0 bridgehead atoms. The molecule has 0 saturated carbocycles. The first-order valence-corrected chi connectivity index (χ1v) is 8.73. The highest BCUT2D eigenvalue weighted by molar-refractivity contribution is 5.95. The monoisotopic (exact) mass is 356 g/mol. The second-order valence-electron chi connectivity index (χ2n) is 6.67. The molecule has 7 nitrogen and oxygen atoms in total. The molecule has 1 atom stereocenters. The fourth-order valence-corrected chi connectivity index (χ4v) is 3.46. The van der Waals surface area contributed by atoms with Crippen molar-refractivity contribution < 1.29 is 14.3 Å². The van der Waals surface area contributed by atoms with Crippen LogP contribution in [0.1, 0.15) is 34.6 Å². The van der Waals surface area contributed by atoms with Gasteiger partial charge in [0.25, 0.3) is 5.91 Å². The zero-order valence-electron chi connectivity index (χ0n) is 15.1. The molecule has 7 heteroatoms. The number of piperidine rings is 1. The highest BCUT2D eigenvalue weighted by atomic mass is 16.5. The van der Waals surface area contributed by atoms with E-state index in [1.807, 2.05) is 31.2 Å². The van der Waals surface area contributed by atoms with Crippen molar-refractivity contribution in [3.63, 3.8) is 0 Å². The molecule has 0 aliphatic carbocycles. The Balaban J connectivity index is 1.78. The summed E-state index contributed by atoms with van der Waals surface area (Å²) in [5.41, 5.74) is 9.77. The van der Waals surface area contributed by atoms with Crippen LogP contribution >= 0.6 is 0 Å². The van der Waals surface area contributed by atoms with Crippen LogP contribution in [-0.4, -0.2) is 47.1 Å². The van der Waals surface area contributed by atoms with Crippen LogP contribution in [0.5, 0.6) is 0 Å². The predicted molar refractivity (Wildman–Crippen MR) is 97.3 cm³/mol. The number of nitrogens with zero attached hydrogens (tertiary/aromatic N) is 2. The summed E-state index contributed by atoms with van der Waals surface area (Å²) < 4.78 is 5.19. The fourth-order valence-electron chi connectivity index (χ4n) is 3.46. The number of carbonyl (C=O) groups is 2. The lowest BCUT2D eigenvalue weighted by molar-refractivity contribution is -0.123. The molecule has 1 aliphatic rings. The number of aromatic amines is 1. The highest BCUT2D eigenvalue weighted by Crippen LogP contribution is 2.27. The molecule has 1 aliphatic heterocycles. The topological polar surface area (TPSA) is 101 Å². The van der Waals surface area contributed by atoms with Gasteiger partial charge in [0.05, 0.1) is 18.2 Å². The lowest BCUT2D eigenvalue weighted by atomic mass is 9.96. The van der Waals surface area contributed by atoms with E-state index in [4.69, 9.17) is 10.5 Å². The number of nitrogens with one attached hydrogen (secondary N) is 1. The fraction of sp³-hybridized carbons (Fsp3) is 0.421. The minimum atomic E-state index is -0.334. The van der Waals surface area contributed by atoms with Crippen LogP contribution in [0.15, 0.2) is 24.3 Å². The number of hydrogen-bond acceptors (Lipinski definition) is 4. The molecule has 1 saturated heterocycles. The first kappa shape index (κ1) is 18.1. The zero-order chi connectivity index (χ0) is 18.7. The summed E-state index contributed by atoms with van der Waals surface area (Å²) in [5.74, 6) is -0.653. The Hall–Kier alpha value is -2.67. The maximum Gasteiger partial charge on any atom is 0.253 e. The average molecular weight is 356 g/mol. The van der Waals surface area contributed by atoms with E-state index in [2.05, 4.69) is 10.2 Å². The number of nitrogens with two attached hydrogens (primary N) is 1. The third-order valence-corrected chi connectivity index (χ3v) is 4.83. The quantitative estimate of drug-likeness (QED) is 0.854. The summed E-state index contributed by atoms with van der Waals surface area (Å²) in [4.78, 5) is 25.9. The molecule has 138 valence electrons. The number of hydrogen-bond donors (Lipinski definition) is 2. The second-order valence-corrected chi connectivity index (χ2v) is 6.67. The average Bonchev–Trinajstić information content (AvgIpc) is 3.02. The summed E-state index contributed by atoms with van der Waals surface area (Å²) in [6.07, 6.45) is 1.55. The highest BCUT2D eigenvalue weighted by Gasteiger charge is 2.27. The lowest BCUT2D eigenvalue weighted by Gasteiger charge is -2.31. The molecule has 0 radical (unpaired) electrons. The van der Waals surface area contributed by atoms with Crippen molar-refractivity contribution in [2.45, 2.75) is 26.4 Å². The molecule has 2 aromatic rings. The van der Waals surface area contributed by atoms with Gasteiger partial charge >= 0.3 is 0 Å². The van der Waals surface area contributed by atoms with Gasteiger partial charge in [0.15, 0.2) is 0 Å². The van der Waals surface area contributed by atoms with Crippen LogP contribution in [0, 0.1) is 12.8 Å². The van der Waals surface area contributed by atoms with Gasteiger partial charge in [-0.25, -0.2) is 0 Å². The van der Waals surface area contributed by atoms with Crippen molar-refractivity contribution >= 4 is 11.8 Å². The molecule has 3 rings (SSSR count). The first-order valence-electron chi connectivity index (χ1n) is 8.73. The molecule has 1 aromatic carbocycles. The zero-order valence-corrected chi connectivity index (χ0v) is 15.1. The number of aryl methyl sites for hydroxylation is 1. The molecule has 0 unspecified atom stereocenters. The van der Waals surface area contributed by atoms with Crippen LogP contribution in [0.3, 0.4) is 0 Å². The summed E-state index contributed by atoms with van der Waals surface area (Å²) in [7, 11) is 1.63. The van der Waals surface area contributed by atoms with E-state index in [0.29, 0.717) is 25.3 Å². The van der Waals surface area contributed by atoms with Crippen LogP contribution in [-0.2, 0) is 16.1 Å². The lowest BCUT2D eigenvalue weighted by Crippen LogP contribution is -2.44. The predicted octanol–water partition coefficient (Wildman–Crippen LogP) is 1.87. The summed E-state index contributed by atoms with van der Waals surface area (Å²) in [5, 5.41) is 7.24. The van der Waals surface area contributed by atoms with Crippen molar-refractivity contribution in [1.29, 1.82) is 0 Å². The maximum absolute atomic E-state index is 12.7. The van der Waals surface area contributed by atoms with Crippen molar-refractivity contribution in [2.24, 2.45) is 11.7 Å². The van der Waals surface area contributed by atoms with Gasteiger partial charge in [0, 0.05) is 37.0 Å². The van der Waals surface area contributed by atoms with E-state index >= 15 is 0 Å². The standard InChI is InChI=1S/C19H24N4O3/c1-12-17(16(11-26-2)22-21-12)13-5-7-14(8-6-13)19(25)23-9-3-4-15(10-23)18(20)24/h5-8,15H,3-4,9-11H2,1-2H3,(H2,20,24)(H,21,22)/t15-/m1/s1. The van der Waals surface area contributed by atoms with Crippen molar-refractivity contribution in [2.75, 3.05) is 20.2 Å². The largest absolute Gasteiger partial charge is 0.378 e. The van der Waals surface area contributed by atoms with Gasteiger partial charge in [-0.2, -0.15) is 5.10 Å². The smallest absolute Gasteiger partial charge is 0.253 e. The van der Waals surface area contributed by atoms with Gasteiger partial charge in [-0.3, -0.25) is 14.7 Å². The number of amides is 2. The van der Waals surface area contributed by atoms with E-state index in [1.165, 1.54) is 0 Å². The van der Waals surface area contributed by atoms with Crippen LogP contribution in [0.2, 0.25) is 0 Å². The number of benzene rings is 1. The second kappa shape index (κ2) is 7.70. The summed E-state index contributed by atoms with van der Waals surface area (Å²) in [6.45, 7) is 3.43. The SMILES string of the molecule is COCc1n[nH]c(C)c1-c1ccc(C(=O)N2CCC[C@@H](C(N)=O)C2)cc1. The first-order chi connectivity index (χ1) is 12.5. The third-order valence-electron chi connectivity index (χ3n) is 4.83. The van der Waals surface area contributed by atoms with Crippen LogP contribution in [0.25, 0.3) is 11.1 Å². The Morgan fingerprint density at radius 1 is 1.35 bits per heavy atom. The third kappa shape index (κ3) is 3.62. The van der Waals surface area contributed by atoms with E-state index in [-0.39, 0.29) is 17.7 Å². The molecular weight excluding hydrogens is 332 g/mol. The van der Waals surface area contributed by atoms with Crippen molar-refractivity contribution in [1.82, 2.24) is 15.1 Å². The Labute approximate surface area is 152 Å². The molecule has 3 N–H and O–H groups in total. The molecule has 1 fully saturated rings. The molecule has 26 heavy (non-hydrogen) atoms. The summed E-state index contributed by atoms with van der Waals surface area (Å²) in [6, 6.07) is 7.46. The van der Waals surface area contributed by atoms with Crippen LogP contribution in [0.4, 0.5) is 0 Å². The van der Waals surface area contributed by atoms with Gasteiger partial charge in [-0.05, 0) is 37.5 Å². The van der Waals surface area contributed by atoms with Gasteiger partial charge < -0.3 is 15.4 Å². The number of methoxy groups -OCH3 is 1. The Morgan fingerprint density at radius 2 is 2.08 bits per heavy atom. The van der Waals surface area contributed by atoms with E-state index in [1.54, 1.807) is 12.0 Å². The number of aromatic nitrogens is 2. The van der Waals surface area contributed by atoms with Gasteiger partial charge in [-0.1, -0.05) is 12.1 Å². The van der Waals surface area contributed by atoms with Crippen molar-refractivity contribution in [3.05, 3.63) is 41.2 Å². The number of primary amides is 1. The van der Waals surface area contributed by atoms with Crippen LogP contribution < -0.4 is 5.73 Å². The Kier molecular flexibility index (Phi) is 5.37. The maximum atomic E-state index is 12.7. The minimum Gasteiger partial charge on any atom is -0.378 e. The van der Waals surface area contributed by atoms with Gasteiger partial charge in [0.2, 0.25) is 5.91 Å². The molecule has 0 spiro atoms. The van der Waals surface area contributed by atoms with E-state index in [9.17, 15) is 9.59 Å². The molecule has 1 aromatic heterocycles. The number of carbonyl (C=O) groups excluding carboxylic acids is 2. The van der Waals surface area contributed by atoms with Gasteiger partial charge in [-0.15, -0.1) is 0 Å².